The van der Waals surface area contributed by atoms with Gasteiger partial charge in [0.25, 0.3) is 16.3 Å². The predicted octanol–water partition coefficient (Wildman–Crippen LogP) is -6.99. The van der Waals surface area contributed by atoms with Gasteiger partial charge in [-0.2, -0.15) is 0 Å². The van der Waals surface area contributed by atoms with Gasteiger partial charge in [-0.05, 0) is 67.4 Å². The molecule has 4 aromatic rings. The van der Waals surface area contributed by atoms with Gasteiger partial charge in [0.1, 0.15) is 70.3 Å². The molecule has 35 heteroatoms. The average molecular weight is 1320 g/mol. The van der Waals surface area contributed by atoms with Crippen LogP contribution in [0, 0.1) is 5.92 Å². The molecule has 3 aliphatic rings. The number of fused-ring (bicyclic) bond motifs is 2. The number of phenols is 1. The van der Waals surface area contributed by atoms with Crippen molar-refractivity contribution in [2.75, 3.05) is 19.7 Å². The summed E-state index contributed by atoms with van der Waals surface area (Å²) in [6, 6.07) is 2.02. The number of nitrogens with zero attached hydrogens (tertiary/aromatic N) is 4. The standard InChI is InChI=1S/C56H72N10O22S2.Na/c1-4-5-6-7-18-87-32-15-12-29(13-16-32)54-64-63-53(89-54)28-10-8-27(9-11-28)47(76)58-33-21-37(71)50(79)62-52(81)43-44(73)25(2)23-66(43)56(83)41(36(70)22-39(57)72)60-51(80)42(46(75)45(74)30-14-17-35(69)38(19-30)88-90(84,85)86)61-49(78)34-20-31(68)24-65(34)55(82)40(26(3)67)59-48(33)77;/h8-17,19,25-26,31,33-34,36-37,40-46,50,67-71,73-75,79H,4-7,18,20-24H2,1-3H3,(H2,57,72)(H,58,76)(H,59,77)(H,60,80)(H,61,78)(H,62,81)(H,84,85,86);/q;+1/p-1/t25-,26+,31+,33-,34-,36+,37+,40?,41-,42-,43-,44-,45-,46-,50+;/m0./s1. The molecule has 0 bridgehead atoms. The Kier molecular flexibility index (Phi) is 25.7. The van der Waals surface area contributed by atoms with Crippen molar-refractivity contribution in [1.29, 1.82) is 0 Å². The number of carbonyl (C=O) groups excluding carboxylic acids is 8. The number of aromatic nitrogens is 2. The summed E-state index contributed by atoms with van der Waals surface area (Å²) in [7, 11) is -5.60. The monoisotopic (exact) mass is 1320 g/mol. The summed E-state index contributed by atoms with van der Waals surface area (Å²) in [6.45, 7) is 3.78. The molecule has 3 aromatic carbocycles. The smallest absolute Gasteiger partial charge is 0.716 e. The maximum atomic E-state index is 14.7. The number of unbranched alkanes of at least 4 members (excludes halogenated alkanes) is 3. The molecule has 0 radical (unpaired) electrons. The molecule has 8 amide bonds. The number of aromatic hydroxyl groups is 1. The number of primary amides is 1. The van der Waals surface area contributed by atoms with Crippen LogP contribution in [0.5, 0.6) is 17.2 Å². The van der Waals surface area contributed by atoms with Crippen LogP contribution in [0.4, 0.5) is 0 Å². The van der Waals surface area contributed by atoms with E-state index >= 15 is 0 Å². The van der Waals surface area contributed by atoms with E-state index in [4.69, 9.17) is 10.5 Å². The van der Waals surface area contributed by atoms with E-state index in [9.17, 15) is 97.3 Å². The van der Waals surface area contributed by atoms with E-state index in [1.54, 1.807) is 0 Å². The van der Waals surface area contributed by atoms with E-state index < -0.39 is 198 Å². The second-order valence-corrected chi connectivity index (χ2v) is 24.1. The number of ether oxygens (including phenoxy) is 1. The van der Waals surface area contributed by atoms with Crippen LogP contribution in [0.15, 0.2) is 66.7 Å². The molecule has 3 saturated heterocycles. The fourth-order valence-electron chi connectivity index (χ4n) is 10.4. The molecule has 490 valence electrons. The third-order valence-electron chi connectivity index (χ3n) is 15.3. The Morgan fingerprint density at radius 1 is 0.780 bits per heavy atom. The molecule has 0 aliphatic carbocycles. The Morgan fingerprint density at radius 3 is 1.99 bits per heavy atom. The quantitative estimate of drug-likeness (QED) is 0.0180. The fourth-order valence-corrected chi connectivity index (χ4v) is 11.6. The van der Waals surface area contributed by atoms with Crippen molar-refractivity contribution in [2.45, 2.75) is 151 Å². The molecular weight excluding hydrogens is 1250 g/mol. The van der Waals surface area contributed by atoms with Crippen molar-refractivity contribution in [3.63, 3.8) is 0 Å². The van der Waals surface area contributed by atoms with Crippen LogP contribution >= 0.6 is 11.3 Å². The number of nitrogens with two attached hydrogens (primary N) is 1. The summed E-state index contributed by atoms with van der Waals surface area (Å²) < 4.78 is 44.4. The van der Waals surface area contributed by atoms with Gasteiger partial charge >= 0.3 is 29.6 Å². The average Bonchev–Trinajstić information content (AvgIpc) is 1.76. The first-order valence-electron chi connectivity index (χ1n) is 28.5. The fraction of sp³-hybridized carbons (Fsp3) is 0.500. The number of amides is 8. The van der Waals surface area contributed by atoms with E-state index in [1.165, 1.54) is 42.5 Å². The molecule has 32 nitrogen and oxygen atoms in total. The summed E-state index contributed by atoms with van der Waals surface area (Å²) in [5.41, 5.74) is 5.91. The zero-order valence-corrected chi connectivity index (χ0v) is 53.2. The molecule has 16 N–H and O–H groups in total. The number of aliphatic hydroxyl groups is 8. The summed E-state index contributed by atoms with van der Waals surface area (Å²) in [4.78, 5) is 115. The third kappa shape index (κ3) is 18.6. The van der Waals surface area contributed by atoms with E-state index in [0.29, 0.717) is 49.9 Å². The van der Waals surface area contributed by atoms with E-state index in [-0.39, 0.29) is 35.1 Å². The van der Waals surface area contributed by atoms with Crippen LogP contribution in [-0.4, -0.2) is 225 Å². The van der Waals surface area contributed by atoms with Crippen molar-refractivity contribution in [3.8, 4) is 38.4 Å². The topological polar surface area (TPSA) is 513 Å². The van der Waals surface area contributed by atoms with Crippen LogP contribution in [0.2, 0.25) is 0 Å². The minimum Gasteiger partial charge on any atom is -0.716 e. The zero-order chi connectivity index (χ0) is 66.1. The van der Waals surface area contributed by atoms with Crippen molar-refractivity contribution in [3.05, 3.63) is 77.9 Å². The number of nitrogens with one attached hydrogen (secondary N) is 5. The first-order valence-corrected chi connectivity index (χ1v) is 30.6. The molecule has 0 spiro atoms. The van der Waals surface area contributed by atoms with Gasteiger partial charge in [0.2, 0.25) is 41.4 Å². The van der Waals surface area contributed by atoms with Gasteiger partial charge < -0.3 is 102 Å². The largest absolute Gasteiger partial charge is 1.00 e. The molecular formula is C56H71N10NaO22S2. The van der Waals surface area contributed by atoms with Gasteiger partial charge in [-0.3, -0.25) is 38.4 Å². The molecule has 4 heterocycles. The summed E-state index contributed by atoms with van der Waals surface area (Å²) in [6.07, 6.45) is -16.1. The molecule has 0 saturated carbocycles. The van der Waals surface area contributed by atoms with Gasteiger partial charge in [-0.15, -0.1) is 10.2 Å². The Morgan fingerprint density at radius 2 is 1.38 bits per heavy atom. The van der Waals surface area contributed by atoms with Crippen molar-refractivity contribution >= 4 is 69.0 Å². The Labute approximate surface area is 546 Å². The van der Waals surface area contributed by atoms with Crippen LogP contribution < -0.4 is 70.8 Å². The number of benzene rings is 3. The van der Waals surface area contributed by atoms with Crippen molar-refractivity contribution in [1.82, 2.24) is 46.6 Å². The van der Waals surface area contributed by atoms with E-state index in [2.05, 4.69) is 37.3 Å². The maximum absolute atomic E-state index is 14.7. The Balaban J connectivity index is 0.0000132. The van der Waals surface area contributed by atoms with Crippen LogP contribution in [-0.2, 0) is 44.0 Å². The SMILES string of the molecule is CCCCCCOc1ccc(-c2nnc(-c3ccc(C(=O)N[C@H]4C[C@@H](O)[C@@H](O)NC(=O)[C@@H]5[C@@H](O)[C@@H](C)CN5C(=O)[C@H]([C@H](O)CC(N)=O)NC(=O)[C@H]([C@H](O)[C@@H](O)c5ccc(O)c(OS(=O)(=O)[O-])c5)NC(=O)[C@@H]5C[C@@H](O)CN5C(=O)C([C@@H](C)O)NC4=O)cc3)s2)cc1.[Na+]. The van der Waals surface area contributed by atoms with Crippen molar-refractivity contribution in [2.24, 2.45) is 11.7 Å². The van der Waals surface area contributed by atoms with Crippen LogP contribution in [0.25, 0.3) is 21.1 Å². The normalized spacial score (nSPS) is 26.0. The number of aliphatic hydroxyl groups excluding tert-OH is 8. The Hall–Kier alpha value is -7.03. The zero-order valence-electron chi connectivity index (χ0n) is 49.6. The van der Waals surface area contributed by atoms with Crippen molar-refractivity contribution < 1.29 is 136 Å². The number of phenolic OH excluding ortho intramolecular Hbond substituents is 1. The molecule has 3 aliphatic heterocycles. The second kappa shape index (κ2) is 32.0. The Bertz CT molecular complexity index is 3370. The number of carbonyl (C=O) groups is 8. The number of hydrogen-bond donors (Lipinski definition) is 15. The molecule has 1 aromatic heterocycles. The number of rotatable bonds is 19. The van der Waals surface area contributed by atoms with Gasteiger partial charge in [0.05, 0.1) is 37.4 Å². The minimum atomic E-state index is -5.60. The first-order chi connectivity index (χ1) is 42.5. The third-order valence-corrected chi connectivity index (χ3v) is 16.7. The second-order valence-electron chi connectivity index (χ2n) is 22.1. The molecule has 7 rings (SSSR count). The predicted molar refractivity (Wildman–Crippen MR) is 310 cm³/mol. The van der Waals surface area contributed by atoms with Gasteiger partial charge in [0, 0.05) is 48.5 Å². The summed E-state index contributed by atoms with van der Waals surface area (Å²) >= 11 is 1.25. The van der Waals surface area contributed by atoms with E-state index in [1.807, 2.05) is 34.9 Å². The molecule has 3 fully saturated rings. The van der Waals surface area contributed by atoms with Gasteiger partial charge in [-0.25, -0.2) is 8.42 Å². The van der Waals surface area contributed by atoms with Crippen LogP contribution in [0.3, 0.4) is 0 Å². The van der Waals surface area contributed by atoms with E-state index in [0.717, 1.165) is 44.2 Å². The first kappa shape index (κ1) is 73.0. The minimum absolute atomic E-state index is 0. The maximum Gasteiger partial charge on any atom is 1.00 e. The van der Waals surface area contributed by atoms with Gasteiger partial charge in [0.15, 0.2) is 17.7 Å². The van der Waals surface area contributed by atoms with Crippen LogP contribution in [0.1, 0.15) is 87.7 Å². The molecule has 15 atom stereocenters. The molecule has 91 heavy (non-hydrogen) atoms. The summed E-state index contributed by atoms with van der Waals surface area (Å²) in [5, 5.41) is 122. The van der Waals surface area contributed by atoms with Gasteiger partial charge in [-0.1, -0.05) is 62.6 Å². The molecule has 1 unspecified atom stereocenters. The summed E-state index contributed by atoms with van der Waals surface area (Å²) in [5.74, 6) is -13.4. The number of hydrogen-bond acceptors (Lipinski definition) is 25.